The van der Waals surface area contributed by atoms with E-state index < -0.39 is 0 Å². The highest BCUT2D eigenvalue weighted by molar-refractivity contribution is 5.36. The van der Waals surface area contributed by atoms with E-state index in [4.69, 9.17) is 5.11 Å². The van der Waals surface area contributed by atoms with Gasteiger partial charge in [0.05, 0.1) is 0 Å². The minimum absolute atomic E-state index is 0.284. The number of rotatable bonds is 3. The minimum Gasteiger partial charge on any atom is -0.396 e. The molecule has 0 saturated carbocycles. The molecule has 0 unspecified atom stereocenters. The molecule has 1 aromatic carbocycles. The Bertz CT molecular complexity index is 266. The molecule has 0 atom stereocenters. The van der Waals surface area contributed by atoms with Crippen molar-refractivity contribution in [3.63, 3.8) is 0 Å². The zero-order valence-corrected chi connectivity index (χ0v) is 8.72. The van der Waals surface area contributed by atoms with Crippen molar-refractivity contribution in [2.24, 2.45) is 0 Å². The Labute approximate surface area is 80.4 Å². The van der Waals surface area contributed by atoms with Gasteiger partial charge in [0.25, 0.3) is 0 Å². The molecular formula is C12H18O. The summed E-state index contributed by atoms with van der Waals surface area (Å²) in [6.45, 7) is 6.72. The third-order valence-corrected chi connectivity index (χ3v) is 2.61. The lowest BCUT2D eigenvalue weighted by atomic mass is 9.98. The Hall–Kier alpha value is -0.820. The fourth-order valence-corrected chi connectivity index (χ4v) is 1.55. The van der Waals surface area contributed by atoms with Gasteiger partial charge in [-0.05, 0) is 55.9 Å². The van der Waals surface area contributed by atoms with Crippen LogP contribution in [-0.4, -0.2) is 11.7 Å². The maximum atomic E-state index is 8.72. The number of aliphatic hydroxyl groups excluding tert-OH is 1. The summed E-state index contributed by atoms with van der Waals surface area (Å²) < 4.78 is 0. The van der Waals surface area contributed by atoms with Crippen molar-refractivity contribution in [2.75, 3.05) is 6.61 Å². The van der Waals surface area contributed by atoms with Gasteiger partial charge in [-0.25, -0.2) is 0 Å². The molecule has 0 amide bonds. The summed E-state index contributed by atoms with van der Waals surface area (Å²) in [6, 6.07) is 4.44. The van der Waals surface area contributed by atoms with Crippen molar-refractivity contribution >= 4 is 0 Å². The average Bonchev–Trinajstić information content (AvgIpc) is 2.10. The molecule has 0 radical (unpaired) electrons. The fourth-order valence-electron chi connectivity index (χ4n) is 1.55. The van der Waals surface area contributed by atoms with Crippen molar-refractivity contribution in [3.05, 3.63) is 34.4 Å². The van der Waals surface area contributed by atoms with Crippen LogP contribution in [0.15, 0.2) is 12.1 Å². The van der Waals surface area contributed by atoms with E-state index in [2.05, 4.69) is 32.9 Å². The van der Waals surface area contributed by atoms with Gasteiger partial charge in [-0.15, -0.1) is 0 Å². The smallest absolute Gasteiger partial charge is 0.0434 e. The van der Waals surface area contributed by atoms with Crippen LogP contribution in [0.1, 0.15) is 28.7 Å². The summed E-state index contributed by atoms with van der Waals surface area (Å²) in [5.74, 6) is 0. The first-order chi connectivity index (χ1) is 6.15. The summed E-state index contributed by atoms with van der Waals surface area (Å²) in [7, 11) is 0. The number of hydrogen-bond acceptors (Lipinski definition) is 1. The highest BCUT2D eigenvalue weighted by Crippen LogP contribution is 2.16. The molecule has 1 aromatic rings. The van der Waals surface area contributed by atoms with E-state index in [1.165, 1.54) is 22.3 Å². The molecule has 1 nitrogen and oxygen atoms in total. The Morgan fingerprint density at radius 1 is 1.08 bits per heavy atom. The largest absolute Gasteiger partial charge is 0.396 e. The molecule has 0 saturated heterocycles. The first kappa shape index (κ1) is 10.3. The maximum Gasteiger partial charge on any atom is 0.0434 e. The van der Waals surface area contributed by atoms with E-state index in [1.54, 1.807) is 0 Å². The highest BCUT2D eigenvalue weighted by Gasteiger charge is 2.00. The minimum atomic E-state index is 0.284. The summed E-state index contributed by atoms with van der Waals surface area (Å²) in [6.07, 6.45) is 1.85. The standard InChI is InChI=1S/C12H18O/c1-9-7-12(5-4-6-13)8-10(2)11(9)3/h7-8,13H,4-6H2,1-3H3. The molecule has 0 aliphatic carbocycles. The first-order valence-electron chi connectivity index (χ1n) is 4.82. The third kappa shape index (κ3) is 2.56. The average molecular weight is 178 g/mol. The maximum absolute atomic E-state index is 8.72. The van der Waals surface area contributed by atoms with Gasteiger partial charge >= 0.3 is 0 Å². The van der Waals surface area contributed by atoms with Gasteiger partial charge in [0.15, 0.2) is 0 Å². The van der Waals surface area contributed by atoms with Crippen LogP contribution in [0.4, 0.5) is 0 Å². The fraction of sp³-hybridized carbons (Fsp3) is 0.500. The number of aliphatic hydroxyl groups is 1. The molecule has 0 fully saturated rings. The second-order valence-corrected chi connectivity index (χ2v) is 3.68. The van der Waals surface area contributed by atoms with Gasteiger partial charge < -0.3 is 5.11 Å². The van der Waals surface area contributed by atoms with Crippen molar-refractivity contribution in [1.29, 1.82) is 0 Å². The van der Waals surface area contributed by atoms with Crippen molar-refractivity contribution in [2.45, 2.75) is 33.6 Å². The van der Waals surface area contributed by atoms with Crippen LogP contribution < -0.4 is 0 Å². The molecule has 1 heteroatoms. The van der Waals surface area contributed by atoms with Gasteiger partial charge in [-0.1, -0.05) is 12.1 Å². The van der Waals surface area contributed by atoms with Crippen LogP contribution in [0.3, 0.4) is 0 Å². The van der Waals surface area contributed by atoms with Crippen LogP contribution in [-0.2, 0) is 6.42 Å². The zero-order chi connectivity index (χ0) is 9.84. The Kier molecular flexibility index (Phi) is 3.49. The van der Waals surface area contributed by atoms with E-state index in [0.29, 0.717) is 0 Å². The number of aryl methyl sites for hydroxylation is 3. The number of benzene rings is 1. The van der Waals surface area contributed by atoms with E-state index in [1.807, 2.05) is 0 Å². The molecule has 1 rings (SSSR count). The van der Waals surface area contributed by atoms with Crippen LogP contribution >= 0.6 is 0 Å². The van der Waals surface area contributed by atoms with E-state index >= 15 is 0 Å². The summed E-state index contributed by atoms with van der Waals surface area (Å²) in [5.41, 5.74) is 5.43. The predicted octanol–water partition coefficient (Wildman–Crippen LogP) is 2.54. The molecule has 0 heterocycles. The second kappa shape index (κ2) is 4.43. The molecule has 0 spiro atoms. The lowest BCUT2D eigenvalue weighted by molar-refractivity contribution is 0.288. The number of hydrogen-bond donors (Lipinski definition) is 1. The zero-order valence-electron chi connectivity index (χ0n) is 8.72. The summed E-state index contributed by atoms with van der Waals surface area (Å²) >= 11 is 0. The molecule has 0 bridgehead atoms. The lowest BCUT2D eigenvalue weighted by Crippen LogP contribution is -1.94. The predicted molar refractivity (Wildman–Crippen MR) is 56.1 cm³/mol. The van der Waals surface area contributed by atoms with Gasteiger partial charge in [0, 0.05) is 6.61 Å². The van der Waals surface area contributed by atoms with E-state index in [0.717, 1.165) is 12.8 Å². The quantitative estimate of drug-likeness (QED) is 0.754. The second-order valence-electron chi connectivity index (χ2n) is 3.68. The van der Waals surface area contributed by atoms with Crippen LogP contribution in [0.2, 0.25) is 0 Å². The molecule has 72 valence electrons. The van der Waals surface area contributed by atoms with Crippen LogP contribution in [0, 0.1) is 20.8 Å². The lowest BCUT2D eigenvalue weighted by Gasteiger charge is -2.08. The molecule has 1 N–H and O–H groups in total. The summed E-state index contributed by atoms with van der Waals surface area (Å²) in [4.78, 5) is 0. The van der Waals surface area contributed by atoms with Crippen molar-refractivity contribution in [1.82, 2.24) is 0 Å². The first-order valence-corrected chi connectivity index (χ1v) is 4.82. The van der Waals surface area contributed by atoms with Crippen LogP contribution in [0.5, 0.6) is 0 Å². The van der Waals surface area contributed by atoms with Gasteiger partial charge in [0.1, 0.15) is 0 Å². The highest BCUT2D eigenvalue weighted by atomic mass is 16.2. The van der Waals surface area contributed by atoms with Gasteiger partial charge in [-0.3, -0.25) is 0 Å². The van der Waals surface area contributed by atoms with Crippen molar-refractivity contribution in [3.8, 4) is 0 Å². The van der Waals surface area contributed by atoms with Crippen molar-refractivity contribution < 1.29 is 5.11 Å². The molecule has 0 aliphatic heterocycles. The molecular weight excluding hydrogens is 160 g/mol. The monoisotopic (exact) mass is 178 g/mol. The Balaban J connectivity index is 2.86. The van der Waals surface area contributed by atoms with Gasteiger partial charge in [-0.2, -0.15) is 0 Å². The normalized spacial score (nSPS) is 10.5. The Morgan fingerprint density at radius 3 is 2.08 bits per heavy atom. The van der Waals surface area contributed by atoms with Crippen LogP contribution in [0.25, 0.3) is 0 Å². The van der Waals surface area contributed by atoms with E-state index in [-0.39, 0.29) is 6.61 Å². The van der Waals surface area contributed by atoms with Gasteiger partial charge in [0.2, 0.25) is 0 Å². The molecule has 13 heavy (non-hydrogen) atoms. The SMILES string of the molecule is Cc1cc(CCCO)cc(C)c1C. The van der Waals surface area contributed by atoms with E-state index in [9.17, 15) is 0 Å². The third-order valence-electron chi connectivity index (χ3n) is 2.61. The molecule has 0 aliphatic rings. The summed E-state index contributed by atoms with van der Waals surface area (Å²) in [5, 5.41) is 8.72. The Morgan fingerprint density at radius 2 is 1.62 bits per heavy atom. The molecule has 0 aromatic heterocycles. The topological polar surface area (TPSA) is 20.2 Å².